The zero-order chi connectivity index (χ0) is 15.1. The summed E-state index contributed by atoms with van der Waals surface area (Å²) in [5.74, 6) is -1.40. The van der Waals surface area contributed by atoms with Crippen molar-refractivity contribution in [3.05, 3.63) is 29.3 Å². The lowest BCUT2D eigenvalue weighted by atomic mass is 10.1. The van der Waals surface area contributed by atoms with Crippen LogP contribution in [0.3, 0.4) is 0 Å². The molecule has 0 unspecified atom stereocenters. The molecule has 0 saturated carbocycles. The van der Waals surface area contributed by atoms with E-state index in [2.05, 4.69) is 14.8 Å². The first-order valence-electron chi connectivity index (χ1n) is 5.67. The van der Waals surface area contributed by atoms with Gasteiger partial charge < -0.3 is 19.5 Å². The Balaban J connectivity index is 3.06. The van der Waals surface area contributed by atoms with Crippen molar-refractivity contribution in [3.63, 3.8) is 0 Å². The minimum absolute atomic E-state index is 0.127. The average Bonchev–Trinajstić information content (AvgIpc) is 2.50. The third-order valence-electron chi connectivity index (χ3n) is 2.40. The van der Waals surface area contributed by atoms with Crippen molar-refractivity contribution < 1.29 is 28.6 Å². The number of esters is 2. The van der Waals surface area contributed by atoms with Gasteiger partial charge in [0, 0.05) is 7.05 Å². The number of ether oxygens (including phenoxy) is 3. The number of nitrogens with one attached hydrogen (secondary N) is 1. The fourth-order valence-corrected chi connectivity index (χ4v) is 1.37. The summed E-state index contributed by atoms with van der Waals surface area (Å²) in [5.41, 5.74) is 0.254. The van der Waals surface area contributed by atoms with Gasteiger partial charge in [-0.15, -0.1) is 0 Å². The van der Waals surface area contributed by atoms with E-state index in [1.165, 1.54) is 39.5 Å². The number of carbonyl (C=O) groups is 3. The molecule has 0 fully saturated rings. The summed E-state index contributed by atoms with van der Waals surface area (Å²) < 4.78 is 14.4. The van der Waals surface area contributed by atoms with Crippen LogP contribution in [0.2, 0.25) is 0 Å². The van der Waals surface area contributed by atoms with Crippen molar-refractivity contribution in [1.82, 2.24) is 5.32 Å². The van der Waals surface area contributed by atoms with E-state index in [4.69, 9.17) is 4.74 Å². The normalized spacial score (nSPS) is 9.55. The molecule has 0 atom stereocenters. The molecule has 0 aromatic heterocycles. The van der Waals surface area contributed by atoms with Gasteiger partial charge in [0.2, 0.25) is 0 Å². The Bertz CT molecular complexity index is 491. The van der Waals surface area contributed by atoms with E-state index in [9.17, 15) is 14.4 Å². The highest BCUT2D eigenvalue weighted by molar-refractivity contribution is 5.96. The number of hydrogen-bond donors (Lipinski definition) is 1. The second-order valence-electron chi connectivity index (χ2n) is 3.69. The van der Waals surface area contributed by atoms with E-state index in [1.54, 1.807) is 0 Å². The van der Waals surface area contributed by atoms with Gasteiger partial charge in [0.15, 0.2) is 6.61 Å². The van der Waals surface area contributed by atoms with Crippen LogP contribution in [0.5, 0.6) is 5.75 Å². The van der Waals surface area contributed by atoms with Crippen LogP contribution in [0.1, 0.15) is 20.7 Å². The van der Waals surface area contributed by atoms with Gasteiger partial charge in [-0.2, -0.15) is 0 Å². The fourth-order valence-electron chi connectivity index (χ4n) is 1.37. The molecule has 0 spiro atoms. The number of methoxy groups -OCH3 is 2. The van der Waals surface area contributed by atoms with Gasteiger partial charge in [-0.05, 0) is 18.2 Å². The van der Waals surface area contributed by atoms with Crippen molar-refractivity contribution >= 4 is 17.8 Å². The van der Waals surface area contributed by atoms with E-state index < -0.39 is 11.9 Å². The van der Waals surface area contributed by atoms with Crippen LogP contribution in [-0.4, -0.2) is 45.7 Å². The minimum atomic E-state index is -0.624. The van der Waals surface area contributed by atoms with Crippen LogP contribution >= 0.6 is 0 Å². The van der Waals surface area contributed by atoms with Crippen molar-refractivity contribution in [3.8, 4) is 5.75 Å². The predicted octanol–water partition coefficient (Wildman–Crippen LogP) is 0.385. The summed E-state index contributed by atoms with van der Waals surface area (Å²) in [7, 11) is 3.91. The summed E-state index contributed by atoms with van der Waals surface area (Å²) in [6, 6.07) is 4.08. The second kappa shape index (κ2) is 7.13. The van der Waals surface area contributed by atoms with Crippen LogP contribution in [0.4, 0.5) is 0 Å². The van der Waals surface area contributed by atoms with Crippen LogP contribution in [0.25, 0.3) is 0 Å². The highest BCUT2D eigenvalue weighted by atomic mass is 16.5. The Morgan fingerprint density at radius 1 is 1.00 bits per heavy atom. The molecule has 108 valence electrons. The van der Waals surface area contributed by atoms with Gasteiger partial charge in [0.25, 0.3) is 5.91 Å². The highest BCUT2D eigenvalue weighted by Gasteiger charge is 2.14. The van der Waals surface area contributed by atoms with Crippen LogP contribution in [0.15, 0.2) is 18.2 Å². The van der Waals surface area contributed by atoms with Gasteiger partial charge in [-0.3, -0.25) is 4.79 Å². The Labute approximate surface area is 115 Å². The van der Waals surface area contributed by atoms with Crippen LogP contribution in [0, 0.1) is 0 Å². The molecule has 0 aliphatic carbocycles. The lowest BCUT2D eigenvalue weighted by molar-refractivity contribution is -0.122. The van der Waals surface area contributed by atoms with Gasteiger partial charge in [-0.1, -0.05) is 0 Å². The predicted molar refractivity (Wildman–Crippen MR) is 68.7 cm³/mol. The van der Waals surface area contributed by atoms with Crippen LogP contribution < -0.4 is 10.1 Å². The number of amides is 1. The molecular weight excluding hydrogens is 266 g/mol. The Morgan fingerprint density at radius 2 is 1.50 bits per heavy atom. The monoisotopic (exact) mass is 281 g/mol. The van der Waals surface area contributed by atoms with E-state index in [0.29, 0.717) is 0 Å². The molecule has 1 N–H and O–H groups in total. The van der Waals surface area contributed by atoms with Gasteiger partial charge in [0.1, 0.15) is 5.75 Å². The minimum Gasteiger partial charge on any atom is -0.484 e. The second-order valence-corrected chi connectivity index (χ2v) is 3.69. The highest BCUT2D eigenvalue weighted by Crippen LogP contribution is 2.19. The largest absolute Gasteiger partial charge is 0.484 e. The molecule has 0 heterocycles. The lowest BCUT2D eigenvalue weighted by Gasteiger charge is -2.09. The summed E-state index contributed by atoms with van der Waals surface area (Å²) >= 11 is 0. The first-order valence-corrected chi connectivity index (χ1v) is 5.67. The maximum Gasteiger partial charge on any atom is 0.338 e. The molecule has 20 heavy (non-hydrogen) atoms. The van der Waals surface area contributed by atoms with E-state index in [1.807, 2.05) is 0 Å². The maximum absolute atomic E-state index is 11.5. The van der Waals surface area contributed by atoms with Gasteiger partial charge in [-0.25, -0.2) is 9.59 Å². The lowest BCUT2D eigenvalue weighted by Crippen LogP contribution is -2.25. The first-order chi connectivity index (χ1) is 9.51. The Morgan fingerprint density at radius 3 is 1.90 bits per heavy atom. The van der Waals surface area contributed by atoms with Gasteiger partial charge >= 0.3 is 11.9 Å². The van der Waals surface area contributed by atoms with E-state index in [-0.39, 0.29) is 29.4 Å². The Hall–Kier alpha value is -2.57. The maximum atomic E-state index is 11.5. The summed E-state index contributed by atoms with van der Waals surface area (Å²) in [5, 5.41) is 2.39. The van der Waals surface area contributed by atoms with Crippen molar-refractivity contribution in [2.45, 2.75) is 0 Å². The standard InChI is InChI=1S/C13H15NO6/c1-14-11(15)7-20-10-5-8(12(16)18-2)4-9(6-10)13(17)19-3/h4-6H,7H2,1-3H3,(H,14,15). The van der Waals surface area contributed by atoms with Crippen molar-refractivity contribution in [2.24, 2.45) is 0 Å². The van der Waals surface area contributed by atoms with Crippen molar-refractivity contribution in [2.75, 3.05) is 27.9 Å². The number of benzene rings is 1. The zero-order valence-electron chi connectivity index (χ0n) is 11.4. The van der Waals surface area contributed by atoms with Crippen LogP contribution in [-0.2, 0) is 14.3 Å². The third-order valence-corrected chi connectivity index (χ3v) is 2.40. The molecule has 1 amide bonds. The smallest absolute Gasteiger partial charge is 0.338 e. The summed E-state index contributed by atoms with van der Waals surface area (Å²) in [4.78, 5) is 34.1. The van der Waals surface area contributed by atoms with E-state index >= 15 is 0 Å². The van der Waals surface area contributed by atoms with E-state index in [0.717, 1.165) is 0 Å². The van der Waals surface area contributed by atoms with Crippen molar-refractivity contribution in [1.29, 1.82) is 0 Å². The number of hydrogen-bond acceptors (Lipinski definition) is 6. The average molecular weight is 281 g/mol. The topological polar surface area (TPSA) is 90.9 Å². The molecule has 1 aromatic carbocycles. The first kappa shape index (κ1) is 15.5. The molecule has 0 aliphatic rings. The number of carbonyl (C=O) groups excluding carboxylic acids is 3. The molecular formula is C13H15NO6. The summed E-state index contributed by atoms with van der Waals surface area (Å²) in [6.07, 6.45) is 0. The molecule has 0 saturated heterocycles. The quantitative estimate of drug-likeness (QED) is 0.785. The zero-order valence-corrected chi connectivity index (χ0v) is 11.4. The Kier molecular flexibility index (Phi) is 5.52. The fraction of sp³-hybridized carbons (Fsp3) is 0.308. The molecule has 1 aromatic rings. The molecule has 0 aliphatic heterocycles. The van der Waals surface area contributed by atoms with Gasteiger partial charge in [0.05, 0.1) is 25.3 Å². The molecule has 7 heteroatoms. The number of rotatable bonds is 5. The molecule has 1 rings (SSSR count). The number of likely N-dealkylation sites (N-methyl/N-ethyl adjacent to an activating group) is 1. The molecule has 7 nitrogen and oxygen atoms in total. The molecule has 0 bridgehead atoms. The third kappa shape index (κ3) is 3.98. The SMILES string of the molecule is CNC(=O)COc1cc(C(=O)OC)cc(C(=O)OC)c1. The molecule has 0 radical (unpaired) electrons. The summed E-state index contributed by atoms with van der Waals surface area (Å²) in [6.45, 7) is -0.234.